The number of ether oxygens (including phenoxy) is 1. The van der Waals surface area contributed by atoms with Gasteiger partial charge in [0, 0.05) is 26.8 Å². The van der Waals surface area contributed by atoms with Gasteiger partial charge in [-0.15, -0.1) is 0 Å². The van der Waals surface area contributed by atoms with Gasteiger partial charge in [0.1, 0.15) is 5.82 Å². The minimum absolute atomic E-state index is 0.0734. The second kappa shape index (κ2) is 7.88. The molecule has 1 aromatic carbocycles. The third kappa shape index (κ3) is 5.28. The Labute approximate surface area is 136 Å². The first-order valence-electron chi connectivity index (χ1n) is 7.64. The maximum Gasteiger partial charge on any atom is 0.227 e. The van der Waals surface area contributed by atoms with Crippen molar-refractivity contribution in [3.63, 3.8) is 0 Å². The Morgan fingerprint density at radius 3 is 2.61 bits per heavy atom. The van der Waals surface area contributed by atoms with Crippen LogP contribution in [0, 0.1) is 11.7 Å². The molecule has 0 aromatic heterocycles. The van der Waals surface area contributed by atoms with E-state index in [1.807, 2.05) is 0 Å². The standard InChI is InChI=1S/C16H22FNO4S/c1-22-9-2-8-18(11-13-3-5-15(17)6-4-13)16(19)14-7-10-23(20,21)12-14/h3-6,14H,2,7-12H2,1H3/t14-/m0/s1. The summed E-state index contributed by atoms with van der Waals surface area (Å²) in [6.45, 7) is 1.36. The van der Waals surface area contributed by atoms with Crippen LogP contribution in [-0.2, 0) is 25.9 Å². The van der Waals surface area contributed by atoms with E-state index in [0.717, 1.165) is 5.56 Å². The zero-order chi connectivity index (χ0) is 16.9. The fraction of sp³-hybridized carbons (Fsp3) is 0.562. The van der Waals surface area contributed by atoms with Gasteiger partial charge in [-0.2, -0.15) is 0 Å². The molecule has 1 saturated heterocycles. The van der Waals surface area contributed by atoms with Crippen molar-refractivity contribution in [2.24, 2.45) is 5.92 Å². The summed E-state index contributed by atoms with van der Waals surface area (Å²) in [4.78, 5) is 14.3. The molecule has 0 unspecified atom stereocenters. The number of hydrogen-bond donors (Lipinski definition) is 0. The van der Waals surface area contributed by atoms with Gasteiger partial charge in [0.05, 0.1) is 17.4 Å². The van der Waals surface area contributed by atoms with Crippen molar-refractivity contribution in [3.05, 3.63) is 35.6 Å². The van der Waals surface area contributed by atoms with Gasteiger partial charge >= 0.3 is 0 Å². The zero-order valence-corrected chi connectivity index (χ0v) is 14.0. The highest BCUT2D eigenvalue weighted by Gasteiger charge is 2.35. The van der Waals surface area contributed by atoms with Crippen molar-refractivity contribution < 1.29 is 22.3 Å². The van der Waals surface area contributed by atoms with Crippen molar-refractivity contribution in [1.82, 2.24) is 4.90 Å². The van der Waals surface area contributed by atoms with Crippen LogP contribution in [0.2, 0.25) is 0 Å². The van der Waals surface area contributed by atoms with E-state index in [0.29, 0.717) is 32.5 Å². The van der Waals surface area contributed by atoms with Gasteiger partial charge in [-0.3, -0.25) is 4.79 Å². The van der Waals surface area contributed by atoms with E-state index >= 15 is 0 Å². The average Bonchev–Trinajstić information content (AvgIpc) is 2.88. The lowest BCUT2D eigenvalue weighted by molar-refractivity contribution is -0.135. The molecular weight excluding hydrogens is 321 g/mol. The number of nitrogens with zero attached hydrogens (tertiary/aromatic N) is 1. The van der Waals surface area contributed by atoms with Crippen molar-refractivity contribution in [1.29, 1.82) is 0 Å². The Morgan fingerprint density at radius 1 is 1.35 bits per heavy atom. The summed E-state index contributed by atoms with van der Waals surface area (Å²) >= 11 is 0. The van der Waals surface area contributed by atoms with E-state index < -0.39 is 15.8 Å². The summed E-state index contributed by atoms with van der Waals surface area (Å²) < 4.78 is 41.2. The maximum absolute atomic E-state index is 13.0. The van der Waals surface area contributed by atoms with E-state index in [9.17, 15) is 17.6 Å². The van der Waals surface area contributed by atoms with Crippen LogP contribution in [0.1, 0.15) is 18.4 Å². The second-order valence-electron chi connectivity index (χ2n) is 5.83. The number of hydrogen-bond acceptors (Lipinski definition) is 4. The van der Waals surface area contributed by atoms with Crippen LogP contribution < -0.4 is 0 Å². The normalized spacial score (nSPS) is 19.7. The van der Waals surface area contributed by atoms with E-state index in [1.165, 1.54) is 12.1 Å². The Morgan fingerprint density at radius 2 is 2.04 bits per heavy atom. The predicted molar refractivity (Wildman–Crippen MR) is 85.1 cm³/mol. The molecule has 5 nitrogen and oxygen atoms in total. The number of carbonyl (C=O) groups excluding carboxylic acids is 1. The van der Waals surface area contributed by atoms with Crippen LogP contribution in [0.5, 0.6) is 0 Å². The molecule has 23 heavy (non-hydrogen) atoms. The van der Waals surface area contributed by atoms with Crippen LogP contribution in [0.15, 0.2) is 24.3 Å². The van der Waals surface area contributed by atoms with Gasteiger partial charge in [0.15, 0.2) is 9.84 Å². The molecule has 1 fully saturated rings. The summed E-state index contributed by atoms with van der Waals surface area (Å²) in [5.74, 6) is -0.940. The van der Waals surface area contributed by atoms with Crippen molar-refractivity contribution in [2.75, 3.05) is 31.8 Å². The molecule has 1 heterocycles. The van der Waals surface area contributed by atoms with Crippen LogP contribution in [0.4, 0.5) is 4.39 Å². The number of sulfone groups is 1. The number of rotatable bonds is 7. The third-order valence-corrected chi connectivity index (χ3v) is 5.72. The van der Waals surface area contributed by atoms with Crippen LogP contribution in [0.3, 0.4) is 0 Å². The first-order valence-corrected chi connectivity index (χ1v) is 9.46. The van der Waals surface area contributed by atoms with E-state index in [1.54, 1.807) is 24.1 Å². The smallest absolute Gasteiger partial charge is 0.227 e. The Hall–Kier alpha value is -1.47. The zero-order valence-electron chi connectivity index (χ0n) is 13.2. The molecule has 128 valence electrons. The number of halogens is 1. The first kappa shape index (κ1) is 17.9. The van der Waals surface area contributed by atoms with Crippen LogP contribution in [-0.4, -0.2) is 51.0 Å². The molecule has 0 N–H and O–H groups in total. The molecule has 0 aliphatic carbocycles. The van der Waals surface area contributed by atoms with Crippen molar-refractivity contribution in [2.45, 2.75) is 19.4 Å². The van der Waals surface area contributed by atoms with E-state index in [-0.39, 0.29) is 23.2 Å². The lowest BCUT2D eigenvalue weighted by Crippen LogP contribution is -2.37. The molecule has 2 rings (SSSR count). The molecule has 1 amide bonds. The first-order chi connectivity index (χ1) is 10.9. The average molecular weight is 343 g/mol. The molecule has 1 aromatic rings. The van der Waals surface area contributed by atoms with Crippen LogP contribution in [0.25, 0.3) is 0 Å². The van der Waals surface area contributed by atoms with Crippen molar-refractivity contribution >= 4 is 15.7 Å². The summed E-state index contributed by atoms with van der Waals surface area (Å²) in [6.07, 6.45) is 1.05. The molecule has 1 aliphatic heterocycles. The minimum Gasteiger partial charge on any atom is -0.385 e. The number of benzene rings is 1. The van der Waals surface area contributed by atoms with E-state index in [2.05, 4.69) is 0 Å². The minimum atomic E-state index is -3.10. The topological polar surface area (TPSA) is 63.7 Å². The highest BCUT2D eigenvalue weighted by Crippen LogP contribution is 2.22. The SMILES string of the molecule is COCCCN(Cc1ccc(F)cc1)C(=O)[C@H]1CCS(=O)(=O)C1. The highest BCUT2D eigenvalue weighted by molar-refractivity contribution is 7.91. The molecule has 0 spiro atoms. The van der Waals surface area contributed by atoms with E-state index in [4.69, 9.17) is 4.74 Å². The molecule has 1 aliphatic rings. The van der Waals surface area contributed by atoms with Gasteiger partial charge in [-0.25, -0.2) is 12.8 Å². The predicted octanol–water partition coefficient (Wildman–Crippen LogP) is 1.63. The molecule has 0 bridgehead atoms. The molecule has 0 radical (unpaired) electrons. The summed E-state index contributed by atoms with van der Waals surface area (Å²) in [5.41, 5.74) is 0.818. The van der Waals surface area contributed by atoms with Gasteiger partial charge in [0.25, 0.3) is 0 Å². The largest absolute Gasteiger partial charge is 0.385 e. The lowest BCUT2D eigenvalue weighted by Gasteiger charge is -2.25. The number of carbonyl (C=O) groups is 1. The third-order valence-electron chi connectivity index (χ3n) is 3.96. The monoisotopic (exact) mass is 343 g/mol. The summed E-state index contributed by atoms with van der Waals surface area (Å²) in [5, 5.41) is 0. The number of amides is 1. The Kier molecular flexibility index (Phi) is 6.12. The van der Waals surface area contributed by atoms with Gasteiger partial charge in [0.2, 0.25) is 5.91 Å². The molecule has 0 saturated carbocycles. The Balaban J connectivity index is 2.06. The Bertz CT molecular complexity index is 630. The molecule has 7 heteroatoms. The fourth-order valence-electron chi connectivity index (χ4n) is 2.73. The quantitative estimate of drug-likeness (QED) is 0.706. The summed E-state index contributed by atoms with van der Waals surface area (Å²) in [6, 6.07) is 5.98. The maximum atomic E-state index is 13.0. The molecular formula is C16H22FNO4S. The number of methoxy groups -OCH3 is 1. The highest BCUT2D eigenvalue weighted by atomic mass is 32.2. The van der Waals surface area contributed by atoms with Crippen molar-refractivity contribution in [3.8, 4) is 0 Å². The fourth-order valence-corrected chi connectivity index (χ4v) is 4.46. The van der Waals surface area contributed by atoms with Crippen LogP contribution >= 0.6 is 0 Å². The molecule has 1 atom stereocenters. The second-order valence-corrected chi connectivity index (χ2v) is 8.06. The van der Waals surface area contributed by atoms with Gasteiger partial charge in [-0.1, -0.05) is 12.1 Å². The summed E-state index contributed by atoms with van der Waals surface area (Å²) in [7, 11) is -1.51. The van der Waals surface area contributed by atoms with Gasteiger partial charge < -0.3 is 9.64 Å². The lowest BCUT2D eigenvalue weighted by atomic mass is 10.1. The van der Waals surface area contributed by atoms with Gasteiger partial charge in [-0.05, 0) is 30.5 Å².